The SMILES string of the molecule is Cc1ccc(C)c(SCC(N)c2cccc(F)c2)c1. The molecule has 0 radical (unpaired) electrons. The van der Waals surface area contributed by atoms with Crippen molar-refractivity contribution in [2.45, 2.75) is 24.8 Å². The highest BCUT2D eigenvalue weighted by Crippen LogP contribution is 2.27. The van der Waals surface area contributed by atoms with Gasteiger partial charge in [-0.1, -0.05) is 29.8 Å². The second-order valence-electron chi connectivity index (χ2n) is 4.74. The van der Waals surface area contributed by atoms with E-state index in [2.05, 4.69) is 32.0 Å². The van der Waals surface area contributed by atoms with Crippen LogP contribution in [-0.4, -0.2) is 5.75 Å². The Labute approximate surface area is 118 Å². The highest BCUT2D eigenvalue weighted by atomic mass is 32.2. The Morgan fingerprint density at radius 1 is 1.16 bits per heavy atom. The van der Waals surface area contributed by atoms with E-state index in [1.165, 1.54) is 28.2 Å². The van der Waals surface area contributed by atoms with Gasteiger partial charge in [-0.05, 0) is 43.2 Å². The third kappa shape index (κ3) is 3.82. The van der Waals surface area contributed by atoms with Gasteiger partial charge >= 0.3 is 0 Å². The fourth-order valence-electron chi connectivity index (χ4n) is 1.88. The molecule has 0 heterocycles. The second kappa shape index (κ2) is 6.22. The van der Waals surface area contributed by atoms with Crippen LogP contribution in [0.3, 0.4) is 0 Å². The molecule has 0 aliphatic heterocycles. The average molecular weight is 275 g/mol. The molecular weight excluding hydrogens is 257 g/mol. The number of aryl methyl sites for hydroxylation is 2. The molecule has 0 saturated carbocycles. The normalized spacial score (nSPS) is 12.4. The van der Waals surface area contributed by atoms with Gasteiger partial charge in [0.1, 0.15) is 5.82 Å². The van der Waals surface area contributed by atoms with Gasteiger partial charge in [0.2, 0.25) is 0 Å². The zero-order valence-corrected chi connectivity index (χ0v) is 12.0. The molecule has 0 bridgehead atoms. The fraction of sp³-hybridized carbons (Fsp3) is 0.250. The number of hydrogen-bond donors (Lipinski definition) is 1. The smallest absolute Gasteiger partial charge is 0.123 e. The van der Waals surface area contributed by atoms with Crippen LogP contribution in [-0.2, 0) is 0 Å². The lowest BCUT2D eigenvalue weighted by Gasteiger charge is -2.13. The summed E-state index contributed by atoms with van der Waals surface area (Å²) in [5.41, 5.74) is 9.45. The predicted octanol–water partition coefficient (Wildman–Crippen LogP) is 4.23. The Kier molecular flexibility index (Phi) is 4.61. The summed E-state index contributed by atoms with van der Waals surface area (Å²) in [7, 11) is 0. The number of benzene rings is 2. The maximum absolute atomic E-state index is 13.1. The summed E-state index contributed by atoms with van der Waals surface area (Å²) in [5.74, 6) is 0.512. The van der Waals surface area contributed by atoms with Crippen LogP contribution in [0.4, 0.5) is 4.39 Å². The molecule has 100 valence electrons. The van der Waals surface area contributed by atoms with E-state index in [1.807, 2.05) is 6.07 Å². The Morgan fingerprint density at radius 2 is 1.95 bits per heavy atom. The van der Waals surface area contributed by atoms with Crippen molar-refractivity contribution in [2.75, 3.05) is 5.75 Å². The van der Waals surface area contributed by atoms with E-state index >= 15 is 0 Å². The maximum atomic E-state index is 13.1. The number of halogens is 1. The van der Waals surface area contributed by atoms with Crippen molar-refractivity contribution >= 4 is 11.8 Å². The maximum Gasteiger partial charge on any atom is 0.123 e. The lowest BCUT2D eigenvalue weighted by molar-refractivity contribution is 0.622. The minimum absolute atomic E-state index is 0.152. The van der Waals surface area contributed by atoms with Gasteiger partial charge in [-0.3, -0.25) is 0 Å². The van der Waals surface area contributed by atoms with Gasteiger partial charge in [-0.2, -0.15) is 0 Å². The molecule has 0 saturated heterocycles. The van der Waals surface area contributed by atoms with Crippen LogP contribution in [0.2, 0.25) is 0 Å². The minimum Gasteiger partial charge on any atom is -0.323 e. The third-order valence-corrected chi connectivity index (χ3v) is 4.32. The average Bonchev–Trinajstić information content (AvgIpc) is 2.39. The number of rotatable bonds is 4. The van der Waals surface area contributed by atoms with Crippen molar-refractivity contribution in [3.8, 4) is 0 Å². The molecule has 0 spiro atoms. The Balaban J connectivity index is 2.04. The molecule has 2 aromatic rings. The molecule has 0 aliphatic rings. The first kappa shape index (κ1) is 14.1. The van der Waals surface area contributed by atoms with Crippen LogP contribution in [0.1, 0.15) is 22.7 Å². The summed E-state index contributed by atoms with van der Waals surface area (Å²) >= 11 is 1.72. The first-order valence-corrected chi connectivity index (χ1v) is 7.26. The third-order valence-electron chi connectivity index (χ3n) is 3.04. The molecular formula is C16H18FNS. The topological polar surface area (TPSA) is 26.0 Å². The predicted molar refractivity (Wildman–Crippen MR) is 80.0 cm³/mol. The largest absolute Gasteiger partial charge is 0.323 e. The molecule has 1 nitrogen and oxygen atoms in total. The Bertz CT molecular complexity index is 568. The van der Waals surface area contributed by atoms with E-state index in [0.29, 0.717) is 0 Å². The van der Waals surface area contributed by atoms with Gasteiger partial charge in [-0.25, -0.2) is 4.39 Å². The summed E-state index contributed by atoms with van der Waals surface area (Å²) < 4.78 is 13.1. The highest BCUT2D eigenvalue weighted by Gasteiger charge is 2.08. The van der Waals surface area contributed by atoms with Crippen molar-refractivity contribution < 1.29 is 4.39 Å². The fourth-order valence-corrected chi connectivity index (χ4v) is 2.99. The lowest BCUT2D eigenvalue weighted by Crippen LogP contribution is -2.13. The minimum atomic E-state index is -0.232. The van der Waals surface area contributed by atoms with Gasteiger partial charge in [0.15, 0.2) is 0 Å². The zero-order chi connectivity index (χ0) is 13.8. The first-order chi connectivity index (χ1) is 9.06. The van der Waals surface area contributed by atoms with E-state index in [-0.39, 0.29) is 11.9 Å². The van der Waals surface area contributed by atoms with Crippen molar-refractivity contribution in [1.82, 2.24) is 0 Å². The molecule has 3 heteroatoms. The van der Waals surface area contributed by atoms with E-state index in [1.54, 1.807) is 17.8 Å². The van der Waals surface area contributed by atoms with Crippen LogP contribution < -0.4 is 5.73 Å². The standard InChI is InChI=1S/C16H18FNS/c1-11-6-7-12(2)16(8-11)19-10-15(18)13-4-3-5-14(17)9-13/h3-9,15H,10,18H2,1-2H3. The van der Waals surface area contributed by atoms with E-state index in [9.17, 15) is 4.39 Å². The molecule has 2 N–H and O–H groups in total. The molecule has 2 rings (SSSR count). The molecule has 1 atom stereocenters. The highest BCUT2D eigenvalue weighted by molar-refractivity contribution is 7.99. The quantitative estimate of drug-likeness (QED) is 0.845. The van der Waals surface area contributed by atoms with Gasteiger partial charge in [0.05, 0.1) is 0 Å². The zero-order valence-electron chi connectivity index (χ0n) is 11.2. The van der Waals surface area contributed by atoms with Gasteiger partial charge in [0.25, 0.3) is 0 Å². The van der Waals surface area contributed by atoms with Crippen molar-refractivity contribution in [3.63, 3.8) is 0 Å². The molecule has 0 fully saturated rings. The summed E-state index contributed by atoms with van der Waals surface area (Å²) in [4.78, 5) is 1.24. The van der Waals surface area contributed by atoms with Gasteiger partial charge in [-0.15, -0.1) is 11.8 Å². The van der Waals surface area contributed by atoms with Crippen LogP contribution in [0.25, 0.3) is 0 Å². The molecule has 19 heavy (non-hydrogen) atoms. The van der Waals surface area contributed by atoms with E-state index in [4.69, 9.17) is 5.73 Å². The molecule has 2 aromatic carbocycles. The summed E-state index contributed by atoms with van der Waals surface area (Å²) in [6, 6.07) is 12.8. The van der Waals surface area contributed by atoms with Gasteiger partial charge < -0.3 is 5.73 Å². The van der Waals surface area contributed by atoms with Crippen molar-refractivity contribution in [2.24, 2.45) is 5.73 Å². The summed E-state index contributed by atoms with van der Waals surface area (Å²) in [5, 5.41) is 0. The molecule has 0 aliphatic carbocycles. The monoisotopic (exact) mass is 275 g/mol. The van der Waals surface area contributed by atoms with Crippen molar-refractivity contribution in [1.29, 1.82) is 0 Å². The number of nitrogens with two attached hydrogens (primary N) is 1. The Morgan fingerprint density at radius 3 is 2.68 bits per heavy atom. The first-order valence-electron chi connectivity index (χ1n) is 6.27. The van der Waals surface area contributed by atoms with Crippen molar-refractivity contribution in [3.05, 3.63) is 65.0 Å². The summed E-state index contributed by atoms with van der Waals surface area (Å²) in [6.07, 6.45) is 0. The number of thioether (sulfide) groups is 1. The Hall–Kier alpha value is -1.32. The van der Waals surface area contributed by atoms with Gasteiger partial charge in [0, 0.05) is 16.7 Å². The summed E-state index contributed by atoms with van der Waals surface area (Å²) in [6.45, 7) is 4.17. The molecule has 0 aromatic heterocycles. The van der Waals surface area contributed by atoms with E-state index < -0.39 is 0 Å². The van der Waals surface area contributed by atoms with Crippen LogP contribution in [0.5, 0.6) is 0 Å². The van der Waals surface area contributed by atoms with Crippen LogP contribution >= 0.6 is 11.8 Å². The second-order valence-corrected chi connectivity index (χ2v) is 5.80. The number of hydrogen-bond acceptors (Lipinski definition) is 2. The van der Waals surface area contributed by atoms with Crippen LogP contribution in [0, 0.1) is 19.7 Å². The molecule has 1 unspecified atom stereocenters. The van der Waals surface area contributed by atoms with Crippen LogP contribution in [0.15, 0.2) is 47.4 Å². The lowest BCUT2D eigenvalue weighted by atomic mass is 10.1. The van der Waals surface area contributed by atoms with E-state index in [0.717, 1.165) is 11.3 Å². The molecule has 0 amide bonds.